The number of hydrogen-bond acceptors (Lipinski definition) is 2. The fraction of sp³-hybridized carbons (Fsp3) is 0.0448. The van der Waals surface area contributed by atoms with E-state index in [-0.39, 0.29) is 5.41 Å². The number of fused-ring (bicyclic) bond motifs is 14. The van der Waals surface area contributed by atoms with E-state index in [4.69, 9.17) is 0 Å². The van der Waals surface area contributed by atoms with Crippen LogP contribution in [0.4, 0.5) is 34.1 Å². The van der Waals surface area contributed by atoms with Crippen molar-refractivity contribution in [1.29, 1.82) is 0 Å². The van der Waals surface area contributed by atoms with Crippen LogP contribution in [0.3, 0.4) is 0 Å². The molecule has 0 saturated carbocycles. The number of para-hydroxylation sites is 4. The van der Waals surface area contributed by atoms with Crippen molar-refractivity contribution in [3.63, 3.8) is 0 Å². The van der Waals surface area contributed by atoms with E-state index in [9.17, 15) is 0 Å². The number of benzene rings is 11. The molecule has 4 heteroatoms. The van der Waals surface area contributed by atoms with Gasteiger partial charge in [0, 0.05) is 66.5 Å². The second-order valence-electron chi connectivity index (χ2n) is 19.8. The Kier molecular flexibility index (Phi) is 8.38. The summed E-state index contributed by atoms with van der Waals surface area (Å²) in [4.78, 5) is 4.96. The molecule has 0 atom stereocenters. The highest BCUT2D eigenvalue weighted by atomic mass is 15.2. The first kappa shape index (κ1) is 39.8. The highest BCUT2D eigenvalue weighted by Crippen LogP contribution is 2.54. The van der Waals surface area contributed by atoms with Gasteiger partial charge >= 0.3 is 0 Å². The van der Waals surface area contributed by atoms with Crippen LogP contribution in [0.1, 0.15) is 25.0 Å². The molecule has 2 aliphatic rings. The van der Waals surface area contributed by atoms with Gasteiger partial charge in [0.05, 0.1) is 33.4 Å². The Morgan fingerprint density at radius 3 is 1.51 bits per heavy atom. The summed E-state index contributed by atoms with van der Waals surface area (Å²) in [5.74, 6) is 0. The van der Waals surface area contributed by atoms with Crippen LogP contribution in [-0.2, 0) is 5.41 Å². The predicted molar refractivity (Wildman–Crippen MR) is 299 cm³/mol. The van der Waals surface area contributed by atoms with E-state index in [0.717, 1.165) is 56.6 Å². The Morgan fingerprint density at radius 1 is 0.296 bits per heavy atom. The van der Waals surface area contributed by atoms with Crippen molar-refractivity contribution in [2.45, 2.75) is 19.3 Å². The number of anilines is 6. The number of hydrogen-bond donors (Lipinski definition) is 0. The van der Waals surface area contributed by atoms with Gasteiger partial charge in [0.2, 0.25) is 0 Å². The van der Waals surface area contributed by atoms with Crippen molar-refractivity contribution in [2.75, 3.05) is 9.80 Å². The molecule has 0 saturated heterocycles. The van der Waals surface area contributed by atoms with Gasteiger partial charge in [0.1, 0.15) is 0 Å². The summed E-state index contributed by atoms with van der Waals surface area (Å²) in [6, 6.07) is 90.3. The molecule has 15 rings (SSSR count). The SMILES string of the molecule is CC1(C)c2ccc3cc2-c2cc(ccc21)N(c1cccc2c4ccccc4n(-c4cccc5ccccc45)c12)c1cccc(c1)-c1cccc(c1)N3c1ccc2c3ccccc3n(-c3ccccc3)c2c1. The molecular formula is C67H46N4. The highest BCUT2D eigenvalue weighted by Gasteiger charge is 2.37. The normalized spacial score (nSPS) is 13.5. The quantitative estimate of drug-likeness (QED) is 0.175. The maximum absolute atomic E-state index is 2.50. The van der Waals surface area contributed by atoms with Crippen LogP contribution >= 0.6 is 0 Å². The number of nitrogens with zero attached hydrogens (tertiary/aromatic N) is 4. The smallest absolute Gasteiger partial charge is 0.0782 e. The molecule has 71 heavy (non-hydrogen) atoms. The lowest BCUT2D eigenvalue weighted by molar-refractivity contribution is 0.660. The highest BCUT2D eigenvalue weighted by molar-refractivity contribution is 6.16. The van der Waals surface area contributed by atoms with Gasteiger partial charge in [-0.3, -0.25) is 0 Å². The zero-order valence-corrected chi connectivity index (χ0v) is 39.4. The zero-order valence-electron chi connectivity index (χ0n) is 39.4. The fourth-order valence-corrected chi connectivity index (χ4v) is 12.3. The zero-order chi connectivity index (χ0) is 47.0. The third-order valence-corrected chi connectivity index (χ3v) is 15.6. The van der Waals surface area contributed by atoms with E-state index in [0.29, 0.717) is 0 Å². The van der Waals surface area contributed by atoms with Gasteiger partial charge < -0.3 is 18.9 Å². The van der Waals surface area contributed by atoms with Crippen LogP contribution in [0.25, 0.3) is 88.0 Å². The number of aromatic nitrogens is 2. The van der Waals surface area contributed by atoms with E-state index in [1.807, 2.05) is 0 Å². The van der Waals surface area contributed by atoms with Crippen molar-refractivity contribution < 1.29 is 0 Å². The first-order valence-electron chi connectivity index (χ1n) is 24.7. The van der Waals surface area contributed by atoms with Crippen LogP contribution in [0.2, 0.25) is 0 Å². The van der Waals surface area contributed by atoms with Gasteiger partial charge in [-0.25, -0.2) is 0 Å². The van der Waals surface area contributed by atoms with E-state index in [1.165, 1.54) is 76.6 Å². The molecule has 1 aliphatic heterocycles. The largest absolute Gasteiger partial charge is 0.310 e. The monoisotopic (exact) mass is 906 g/mol. The Hall–Kier alpha value is -9.12. The van der Waals surface area contributed by atoms with E-state index >= 15 is 0 Å². The van der Waals surface area contributed by atoms with Crippen molar-refractivity contribution in [1.82, 2.24) is 9.13 Å². The lowest BCUT2D eigenvalue weighted by atomic mass is 9.82. The Balaban J connectivity index is 0.997. The molecule has 0 radical (unpaired) electrons. The van der Waals surface area contributed by atoms with Gasteiger partial charge in [-0.15, -0.1) is 0 Å². The van der Waals surface area contributed by atoms with Crippen molar-refractivity contribution >= 4 is 88.5 Å². The first-order valence-corrected chi connectivity index (χ1v) is 24.7. The van der Waals surface area contributed by atoms with Crippen molar-refractivity contribution in [3.8, 4) is 33.6 Å². The van der Waals surface area contributed by atoms with Gasteiger partial charge in [-0.05, 0) is 136 Å². The molecule has 0 fully saturated rings. The summed E-state index contributed by atoms with van der Waals surface area (Å²) >= 11 is 0. The van der Waals surface area contributed by atoms with Crippen LogP contribution in [-0.4, -0.2) is 9.13 Å². The molecule has 1 aliphatic carbocycles. The third kappa shape index (κ3) is 5.79. The molecule has 13 aromatic rings. The van der Waals surface area contributed by atoms with Gasteiger partial charge in [-0.1, -0.05) is 159 Å². The van der Waals surface area contributed by atoms with E-state index < -0.39 is 0 Å². The summed E-state index contributed by atoms with van der Waals surface area (Å²) in [5, 5.41) is 7.36. The van der Waals surface area contributed by atoms with E-state index in [1.54, 1.807) is 0 Å². The lowest BCUT2D eigenvalue weighted by Crippen LogP contribution is -2.16. The second kappa shape index (κ2) is 14.9. The lowest BCUT2D eigenvalue weighted by Gasteiger charge is -2.29. The maximum Gasteiger partial charge on any atom is 0.0782 e. The van der Waals surface area contributed by atoms with Gasteiger partial charge in [-0.2, -0.15) is 0 Å². The molecule has 0 spiro atoms. The van der Waals surface area contributed by atoms with Crippen LogP contribution in [0.15, 0.2) is 243 Å². The minimum absolute atomic E-state index is 0.207. The molecule has 0 unspecified atom stereocenters. The Bertz CT molecular complexity index is 4340. The summed E-state index contributed by atoms with van der Waals surface area (Å²) in [6.07, 6.45) is 0. The second-order valence-corrected chi connectivity index (χ2v) is 19.8. The molecule has 4 nitrogen and oxygen atoms in total. The molecule has 0 N–H and O–H groups in total. The Labute approximate surface area is 412 Å². The minimum atomic E-state index is -0.207. The molecular weight excluding hydrogens is 861 g/mol. The Morgan fingerprint density at radius 2 is 0.775 bits per heavy atom. The van der Waals surface area contributed by atoms with Crippen LogP contribution in [0.5, 0.6) is 0 Å². The van der Waals surface area contributed by atoms with Gasteiger partial charge in [0.15, 0.2) is 0 Å². The molecule has 0 amide bonds. The fourth-order valence-electron chi connectivity index (χ4n) is 12.3. The van der Waals surface area contributed by atoms with Crippen molar-refractivity contribution in [3.05, 3.63) is 254 Å². The average molecular weight is 907 g/mol. The molecule has 334 valence electrons. The first-order chi connectivity index (χ1) is 35.0. The summed E-state index contributed by atoms with van der Waals surface area (Å²) in [7, 11) is 0. The van der Waals surface area contributed by atoms with Crippen LogP contribution in [0, 0.1) is 0 Å². The minimum Gasteiger partial charge on any atom is -0.310 e. The van der Waals surface area contributed by atoms with Gasteiger partial charge in [0.25, 0.3) is 0 Å². The predicted octanol–water partition coefficient (Wildman–Crippen LogP) is 18.3. The molecule has 3 heterocycles. The van der Waals surface area contributed by atoms with Crippen LogP contribution < -0.4 is 9.80 Å². The summed E-state index contributed by atoms with van der Waals surface area (Å²) < 4.78 is 4.92. The van der Waals surface area contributed by atoms with Crippen molar-refractivity contribution in [2.24, 2.45) is 0 Å². The molecule has 8 bridgehead atoms. The summed E-state index contributed by atoms with van der Waals surface area (Å²) in [5.41, 5.74) is 20.9. The maximum atomic E-state index is 2.50. The molecule has 11 aromatic carbocycles. The molecule has 2 aromatic heterocycles. The topological polar surface area (TPSA) is 16.3 Å². The number of rotatable bonds is 4. The third-order valence-electron chi connectivity index (χ3n) is 15.6. The summed E-state index contributed by atoms with van der Waals surface area (Å²) in [6.45, 7) is 4.76. The standard InChI is InChI=1S/C67H46N4/c1-67(2)59-36-33-49-40-57(59)58-41-50(34-37-60(58)67)69(64-31-15-27-56-54-26-9-11-29-63(54)71(66(56)64)61-30-14-17-43-16-6-7-24-52(43)61)48-23-13-19-45(39-48)44-18-12-22-47(38-44)68(49)51-32-35-55-53-25-8-10-28-62(53)70(65(55)42-51)46-20-4-3-5-21-46/h3-42H,1-2H3. The van der Waals surface area contributed by atoms with E-state index in [2.05, 4.69) is 275 Å². The average Bonchev–Trinajstić information content (AvgIpc) is 4.02.